The zero-order valence-electron chi connectivity index (χ0n) is 8.90. The zero-order valence-corrected chi connectivity index (χ0v) is 9.65. The average Bonchev–Trinajstić information content (AvgIpc) is 2.62. The van der Waals surface area contributed by atoms with E-state index in [1.54, 1.807) is 13.1 Å². The van der Waals surface area contributed by atoms with Crippen molar-refractivity contribution in [1.82, 2.24) is 4.57 Å². The number of aryl methyl sites for hydroxylation is 1. The van der Waals surface area contributed by atoms with Gasteiger partial charge in [-0.05, 0) is 18.2 Å². The molecule has 0 aliphatic heterocycles. The molecule has 0 radical (unpaired) electrons. The molecule has 0 atom stereocenters. The summed E-state index contributed by atoms with van der Waals surface area (Å²) in [5, 5.41) is 0. The predicted octanol–water partition coefficient (Wildman–Crippen LogP) is 1.12. The van der Waals surface area contributed by atoms with Gasteiger partial charge in [-0.3, -0.25) is 14.2 Å². The molecule has 2 rings (SSSR count). The minimum atomic E-state index is -0.690. The van der Waals surface area contributed by atoms with Crippen LogP contribution in [0.1, 0.15) is 10.4 Å². The van der Waals surface area contributed by atoms with Crippen LogP contribution < -0.4 is 5.76 Å². The van der Waals surface area contributed by atoms with Crippen LogP contribution in [0.2, 0.25) is 0 Å². The van der Waals surface area contributed by atoms with E-state index < -0.39 is 17.3 Å². The summed E-state index contributed by atoms with van der Waals surface area (Å²) in [6.07, 6.45) is 0. The number of aromatic nitrogens is 1. The van der Waals surface area contributed by atoms with Crippen molar-refractivity contribution in [1.29, 1.82) is 0 Å². The third kappa shape index (κ3) is 1.89. The van der Waals surface area contributed by atoms with Crippen molar-refractivity contribution in [2.24, 2.45) is 7.05 Å². The van der Waals surface area contributed by atoms with Crippen LogP contribution in [0, 0.1) is 0 Å². The van der Waals surface area contributed by atoms with Crippen LogP contribution in [0.3, 0.4) is 0 Å². The van der Waals surface area contributed by atoms with Gasteiger partial charge < -0.3 is 4.42 Å². The van der Waals surface area contributed by atoms with Gasteiger partial charge in [0.2, 0.25) is 11.6 Å². The van der Waals surface area contributed by atoms with Gasteiger partial charge in [0, 0.05) is 12.6 Å². The van der Waals surface area contributed by atoms with Crippen LogP contribution in [0.4, 0.5) is 0 Å². The van der Waals surface area contributed by atoms with Crippen LogP contribution in [0.15, 0.2) is 27.4 Å². The lowest BCUT2D eigenvalue weighted by Gasteiger charge is -1.97. The first-order valence-electron chi connectivity index (χ1n) is 4.77. The molecule has 0 amide bonds. The molecule has 1 aromatic heterocycles. The van der Waals surface area contributed by atoms with Crippen molar-refractivity contribution in [2.45, 2.75) is 0 Å². The van der Waals surface area contributed by atoms with Crippen LogP contribution >= 0.6 is 11.6 Å². The standard InChI is InChI=1S/C11H8ClNO4/c1-13-7-3-2-6(10(15)8(14)5-12)4-9(7)17-11(13)16/h2-4H,5H2,1H3. The van der Waals surface area contributed by atoms with Gasteiger partial charge in [0.25, 0.3) is 0 Å². The van der Waals surface area contributed by atoms with Crippen LogP contribution in [0.5, 0.6) is 0 Å². The number of alkyl halides is 1. The average molecular weight is 254 g/mol. The van der Waals surface area contributed by atoms with E-state index in [1.807, 2.05) is 0 Å². The summed E-state index contributed by atoms with van der Waals surface area (Å²) in [7, 11) is 1.56. The normalized spacial score (nSPS) is 10.7. The van der Waals surface area contributed by atoms with Gasteiger partial charge >= 0.3 is 5.76 Å². The molecular formula is C11H8ClNO4. The highest BCUT2D eigenvalue weighted by Gasteiger charge is 2.16. The Hall–Kier alpha value is -1.88. The van der Waals surface area contributed by atoms with E-state index in [9.17, 15) is 14.4 Å². The monoisotopic (exact) mass is 253 g/mol. The van der Waals surface area contributed by atoms with E-state index in [-0.39, 0.29) is 17.0 Å². The third-order valence-corrected chi connectivity index (χ3v) is 2.67. The second kappa shape index (κ2) is 4.18. The third-order valence-electron chi connectivity index (χ3n) is 2.43. The highest BCUT2D eigenvalue weighted by Crippen LogP contribution is 2.15. The van der Waals surface area contributed by atoms with Gasteiger partial charge in [-0.1, -0.05) is 0 Å². The van der Waals surface area contributed by atoms with E-state index >= 15 is 0 Å². The van der Waals surface area contributed by atoms with Crippen LogP contribution in [0.25, 0.3) is 11.1 Å². The molecule has 0 spiro atoms. The lowest BCUT2D eigenvalue weighted by Crippen LogP contribution is -2.15. The quantitative estimate of drug-likeness (QED) is 0.467. The summed E-state index contributed by atoms with van der Waals surface area (Å²) >= 11 is 5.30. The Morgan fingerprint density at radius 2 is 2.12 bits per heavy atom. The lowest BCUT2D eigenvalue weighted by molar-refractivity contribution is -0.112. The number of carbonyl (C=O) groups is 2. The number of nitrogens with zero attached hydrogens (tertiary/aromatic N) is 1. The number of rotatable bonds is 3. The van der Waals surface area contributed by atoms with Crippen LogP contribution in [-0.2, 0) is 11.8 Å². The second-order valence-electron chi connectivity index (χ2n) is 3.50. The Bertz CT molecular complexity index is 668. The molecule has 0 aliphatic carbocycles. The molecule has 0 aliphatic rings. The molecule has 1 heterocycles. The SMILES string of the molecule is Cn1c(=O)oc2cc(C(=O)C(=O)CCl)ccc21. The van der Waals surface area contributed by atoms with Gasteiger partial charge in [0.15, 0.2) is 5.58 Å². The van der Waals surface area contributed by atoms with Gasteiger partial charge in [0.1, 0.15) is 0 Å². The Kier molecular flexibility index (Phi) is 2.85. The molecule has 6 heteroatoms. The fourth-order valence-electron chi connectivity index (χ4n) is 1.50. The molecular weight excluding hydrogens is 246 g/mol. The molecule has 0 N–H and O–H groups in total. The topological polar surface area (TPSA) is 69.3 Å². The largest absolute Gasteiger partial charge is 0.419 e. The Labute approximate surface area is 101 Å². The maximum Gasteiger partial charge on any atom is 0.419 e. The molecule has 0 saturated carbocycles. The van der Waals surface area contributed by atoms with Crippen molar-refractivity contribution >= 4 is 34.3 Å². The lowest BCUT2D eigenvalue weighted by atomic mass is 10.1. The minimum Gasteiger partial charge on any atom is -0.408 e. The summed E-state index contributed by atoms with van der Waals surface area (Å²) in [6, 6.07) is 4.38. The first kappa shape index (κ1) is 11.6. The Morgan fingerprint density at radius 3 is 2.76 bits per heavy atom. The molecule has 1 aromatic carbocycles. The van der Waals surface area contributed by atoms with E-state index in [4.69, 9.17) is 16.0 Å². The number of hydrogen-bond acceptors (Lipinski definition) is 4. The zero-order chi connectivity index (χ0) is 12.6. The number of Topliss-reactive ketones (excluding diaryl/α,β-unsaturated/α-hetero) is 2. The van der Waals surface area contributed by atoms with E-state index in [2.05, 4.69) is 0 Å². The maximum absolute atomic E-state index is 11.6. The molecule has 0 fully saturated rings. The number of halogens is 1. The van der Waals surface area contributed by atoms with E-state index in [0.717, 1.165) is 0 Å². The summed E-state index contributed by atoms with van der Waals surface area (Å²) in [6.45, 7) is 0. The smallest absolute Gasteiger partial charge is 0.408 e. The van der Waals surface area contributed by atoms with E-state index in [0.29, 0.717) is 5.52 Å². The summed E-state index contributed by atoms with van der Waals surface area (Å²) in [4.78, 5) is 33.9. The highest BCUT2D eigenvalue weighted by molar-refractivity contribution is 6.51. The second-order valence-corrected chi connectivity index (χ2v) is 3.76. The first-order valence-corrected chi connectivity index (χ1v) is 5.31. The first-order chi connectivity index (χ1) is 8.04. The Morgan fingerprint density at radius 1 is 1.41 bits per heavy atom. The minimum absolute atomic E-state index is 0.164. The molecule has 2 aromatic rings. The van der Waals surface area contributed by atoms with Crippen molar-refractivity contribution in [3.8, 4) is 0 Å². The van der Waals surface area contributed by atoms with Crippen molar-refractivity contribution in [3.63, 3.8) is 0 Å². The molecule has 88 valence electrons. The van der Waals surface area contributed by atoms with E-state index in [1.165, 1.54) is 16.7 Å². The summed E-state index contributed by atoms with van der Waals surface area (Å²) < 4.78 is 6.23. The fourth-order valence-corrected chi connectivity index (χ4v) is 1.62. The molecule has 17 heavy (non-hydrogen) atoms. The highest BCUT2D eigenvalue weighted by atomic mass is 35.5. The van der Waals surface area contributed by atoms with Gasteiger partial charge in [-0.15, -0.1) is 11.6 Å². The van der Waals surface area contributed by atoms with Gasteiger partial charge in [-0.2, -0.15) is 0 Å². The maximum atomic E-state index is 11.6. The number of hydrogen-bond donors (Lipinski definition) is 0. The summed E-state index contributed by atoms with van der Waals surface area (Å²) in [5.74, 6) is -2.26. The number of ketones is 2. The number of benzene rings is 1. The van der Waals surface area contributed by atoms with Gasteiger partial charge in [0.05, 0.1) is 11.4 Å². The van der Waals surface area contributed by atoms with Gasteiger partial charge in [-0.25, -0.2) is 4.79 Å². The fraction of sp³-hybridized carbons (Fsp3) is 0.182. The van der Waals surface area contributed by atoms with Crippen LogP contribution in [-0.4, -0.2) is 22.0 Å². The number of oxazole rings is 1. The number of fused-ring (bicyclic) bond motifs is 1. The van der Waals surface area contributed by atoms with Crippen molar-refractivity contribution in [3.05, 3.63) is 34.3 Å². The molecule has 0 bridgehead atoms. The molecule has 0 unspecified atom stereocenters. The predicted molar refractivity (Wildman–Crippen MR) is 61.5 cm³/mol. The van der Waals surface area contributed by atoms with Crippen molar-refractivity contribution < 1.29 is 14.0 Å². The Balaban J connectivity index is 2.56. The molecule has 5 nitrogen and oxygen atoms in total. The van der Waals surface area contributed by atoms with Crippen molar-refractivity contribution in [2.75, 3.05) is 5.88 Å². The molecule has 0 saturated heterocycles. The number of carbonyl (C=O) groups excluding carboxylic acids is 2. The summed E-state index contributed by atoms with van der Waals surface area (Å²) in [5.41, 5.74) is 0.994.